The van der Waals surface area contributed by atoms with Crippen molar-refractivity contribution in [3.8, 4) is 10.6 Å². The summed E-state index contributed by atoms with van der Waals surface area (Å²) in [5.41, 5.74) is 3.66. The maximum Gasteiger partial charge on any atom is 0.268 e. The van der Waals surface area contributed by atoms with Crippen LogP contribution in [0.4, 0.5) is 11.6 Å². The molecule has 1 unspecified atom stereocenters. The number of aryl methyl sites for hydroxylation is 1. The number of aromatic nitrogens is 3. The van der Waals surface area contributed by atoms with Crippen molar-refractivity contribution in [1.29, 1.82) is 0 Å². The van der Waals surface area contributed by atoms with Gasteiger partial charge in [0.1, 0.15) is 6.23 Å². The maximum absolute atomic E-state index is 13.4. The Hall–Kier alpha value is -4.38. The van der Waals surface area contributed by atoms with E-state index in [4.69, 9.17) is 4.98 Å². The molecule has 1 saturated heterocycles. The summed E-state index contributed by atoms with van der Waals surface area (Å²) in [6.45, 7) is 2.24. The highest BCUT2D eigenvalue weighted by molar-refractivity contribution is 7.17. The second-order valence-electron chi connectivity index (χ2n) is 10.3. The van der Waals surface area contributed by atoms with Crippen LogP contribution >= 0.6 is 11.3 Å². The molecule has 42 heavy (non-hydrogen) atoms. The number of pyridine rings is 1. The van der Waals surface area contributed by atoms with Crippen molar-refractivity contribution in [1.82, 2.24) is 19.4 Å². The van der Waals surface area contributed by atoms with E-state index in [-0.39, 0.29) is 11.8 Å². The predicted octanol–water partition coefficient (Wildman–Crippen LogP) is 5.49. The zero-order chi connectivity index (χ0) is 29.1. The van der Waals surface area contributed by atoms with E-state index in [1.54, 1.807) is 36.3 Å². The van der Waals surface area contributed by atoms with Gasteiger partial charge in [0.25, 0.3) is 11.8 Å². The molecule has 214 valence electrons. The van der Waals surface area contributed by atoms with Gasteiger partial charge in [0.05, 0.1) is 26.5 Å². The first-order valence-electron chi connectivity index (χ1n) is 14.1. The Labute approximate surface area is 248 Å². The van der Waals surface area contributed by atoms with Gasteiger partial charge in [-0.2, -0.15) is 0 Å². The third-order valence-corrected chi connectivity index (χ3v) is 8.68. The first-order chi connectivity index (χ1) is 20.5. The van der Waals surface area contributed by atoms with E-state index in [9.17, 15) is 14.7 Å². The first-order valence-corrected chi connectivity index (χ1v) is 14.9. The molecule has 2 N–H and O–H groups in total. The normalized spacial score (nSPS) is 15.2. The quantitative estimate of drug-likeness (QED) is 0.239. The zero-order valence-corrected chi connectivity index (χ0v) is 24.1. The summed E-state index contributed by atoms with van der Waals surface area (Å²) in [5.74, 6) is 0.0812. The summed E-state index contributed by atoms with van der Waals surface area (Å²) in [6.07, 6.45) is 3.92. The van der Waals surface area contributed by atoms with Crippen molar-refractivity contribution in [3.05, 3.63) is 95.5 Å². The molecule has 1 aliphatic rings. The first kappa shape index (κ1) is 27.8. The molecule has 1 fully saturated rings. The molecule has 2 aromatic carbocycles. The minimum absolute atomic E-state index is 0.117. The number of rotatable bonds is 9. The second kappa shape index (κ2) is 12.2. The van der Waals surface area contributed by atoms with Crippen LogP contribution in [0.2, 0.25) is 0 Å². The molecule has 10 heteroatoms. The molecule has 0 bridgehead atoms. The number of benzene rings is 2. The topological polar surface area (TPSA) is 104 Å². The van der Waals surface area contributed by atoms with Crippen LogP contribution in [-0.2, 0) is 6.54 Å². The van der Waals surface area contributed by atoms with E-state index in [2.05, 4.69) is 15.2 Å². The molecule has 3 aromatic heterocycles. The number of aliphatic hydroxyl groups excluding tert-OH is 1. The molecule has 0 aliphatic carbocycles. The number of hydrogen-bond donors (Lipinski definition) is 2. The van der Waals surface area contributed by atoms with Crippen molar-refractivity contribution in [2.24, 2.45) is 0 Å². The van der Waals surface area contributed by atoms with Crippen LogP contribution in [0.3, 0.4) is 0 Å². The monoisotopic (exact) mass is 580 g/mol. The van der Waals surface area contributed by atoms with E-state index >= 15 is 0 Å². The van der Waals surface area contributed by atoms with Crippen molar-refractivity contribution in [2.45, 2.75) is 32.0 Å². The highest BCUT2D eigenvalue weighted by Crippen LogP contribution is 2.29. The van der Waals surface area contributed by atoms with E-state index in [0.717, 1.165) is 48.4 Å². The van der Waals surface area contributed by atoms with Crippen LogP contribution in [0.15, 0.2) is 85.1 Å². The molecular formula is C32H32N6O3S. The van der Waals surface area contributed by atoms with Gasteiger partial charge in [0.2, 0.25) is 5.95 Å². The highest BCUT2D eigenvalue weighted by atomic mass is 32.1. The molecule has 1 aliphatic heterocycles. The lowest BCUT2D eigenvalue weighted by molar-refractivity contribution is 0.0370. The van der Waals surface area contributed by atoms with E-state index in [1.807, 2.05) is 65.2 Å². The number of amides is 2. The van der Waals surface area contributed by atoms with Gasteiger partial charge >= 0.3 is 0 Å². The van der Waals surface area contributed by atoms with E-state index in [1.165, 1.54) is 11.3 Å². The minimum atomic E-state index is -0.393. The number of carbonyl (C=O) groups excluding carboxylic acids is 2. The van der Waals surface area contributed by atoms with Crippen LogP contribution in [-0.4, -0.2) is 62.7 Å². The summed E-state index contributed by atoms with van der Waals surface area (Å²) in [7, 11) is 1.74. The van der Waals surface area contributed by atoms with Gasteiger partial charge in [-0.1, -0.05) is 24.3 Å². The number of likely N-dealkylation sites (tertiary alicyclic amines) is 1. The third kappa shape index (κ3) is 5.82. The Morgan fingerprint density at radius 2 is 1.88 bits per heavy atom. The van der Waals surface area contributed by atoms with Gasteiger partial charge in [0.15, 0.2) is 0 Å². The molecule has 2 amide bonds. The van der Waals surface area contributed by atoms with Crippen LogP contribution in [0.5, 0.6) is 0 Å². The number of aliphatic hydroxyl groups is 1. The Kier molecular flexibility index (Phi) is 8.09. The van der Waals surface area contributed by atoms with Gasteiger partial charge in [-0.25, -0.2) is 4.98 Å². The molecule has 4 heterocycles. The number of fused-ring (bicyclic) bond motifs is 1. The SMILES string of the molecule is CN(C(=O)c1ccccc1)c1ccc2c(c1)nc(NC(=O)c1ccc(-c3ccccn3)s1)n2CCCN1CCCC1O. The van der Waals surface area contributed by atoms with Crippen molar-refractivity contribution in [3.63, 3.8) is 0 Å². The summed E-state index contributed by atoms with van der Waals surface area (Å²) in [6, 6.07) is 24.3. The van der Waals surface area contributed by atoms with Crippen LogP contribution in [0.25, 0.3) is 21.6 Å². The van der Waals surface area contributed by atoms with Gasteiger partial charge in [-0.05, 0) is 73.9 Å². The Morgan fingerprint density at radius 3 is 2.64 bits per heavy atom. The fourth-order valence-corrected chi connectivity index (χ4v) is 6.19. The van der Waals surface area contributed by atoms with E-state index in [0.29, 0.717) is 34.1 Å². The lowest BCUT2D eigenvalue weighted by atomic mass is 10.2. The zero-order valence-electron chi connectivity index (χ0n) is 23.3. The van der Waals surface area contributed by atoms with Crippen molar-refractivity contribution in [2.75, 3.05) is 30.4 Å². The fraction of sp³-hybridized carbons (Fsp3) is 0.250. The average Bonchev–Trinajstić information content (AvgIpc) is 3.76. The maximum atomic E-state index is 13.4. The molecule has 1 atom stereocenters. The number of nitrogens with zero attached hydrogens (tertiary/aromatic N) is 5. The molecular weight excluding hydrogens is 548 g/mol. The van der Waals surface area contributed by atoms with Crippen LogP contribution in [0.1, 0.15) is 39.3 Å². The van der Waals surface area contributed by atoms with Gasteiger partial charge < -0.3 is 14.6 Å². The number of thiophene rings is 1. The molecule has 6 rings (SSSR count). The molecule has 9 nitrogen and oxygen atoms in total. The molecule has 0 spiro atoms. The number of hydrogen-bond acceptors (Lipinski definition) is 7. The Morgan fingerprint density at radius 1 is 1.05 bits per heavy atom. The Balaban J connectivity index is 1.27. The lowest BCUT2D eigenvalue weighted by Gasteiger charge is -2.20. The molecule has 0 saturated carbocycles. The standard InChI is InChI=1S/C32H32N6O3S/c1-36(31(41)22-9-3-2-4-10-22)23-13-14-26-25(21-23)34-32(38(26)20-8-19-37-18-7-12-29(37)39)35-30(40)28-16-15-27(42-28)24-11-5-6-17-33-24/h2-6,9-11,13-17,21,29,39H,7-8,12,18-20H2,1H3,(H,34,35,40). The average molecular weight is 581 g/mol. The summed E-state index contributed by atoms with van der Waals surface area (Å²) in [5, 5.41) is 13.3. The smallest absolute Gasteiger partial charge is 0.268 e. The molecule has 5 aromatic rings. The number of anilines is 2. The van der Waals surface area contributed by atoms with Gasteiger partial charge in [-0.15, -0.1) is 11.3 Å². The number of imidazole rings is 1. The molecule has 0 radical (unpaired) electrons. The lowest BCUT2D eigenvalue weighted by Crippen LogP contribution is -2.30. The third-order valence-electron chi connectivity index (χ3n) is 7.57. The minimum Gasteiger partial charge on any atom is -0.378 e. The second-order valence-corrected chi connectivity index (χ2v) is 11.4. The van der Waals surface area contributed by atoms with Crippen LogP contribution < -0.4 is 10.2 Å². The van der Waals surface area contributed by atoms with Gasteiger partial charge in [-0.3, -0.25) is 24.8 Å². The van der Waals surface area contributed by atoms with Gasteiger partial charge in [0, 0.05) is 44.1 Å². The number of carbonyl (C=O) groups is 2. The van der Waals surface area contributed by atoms with Crippen molar-refractivity contribution < 1.29 is 14.7 Å². The Bertz CT molecular complexity index is 1700. The van der Waals surface area contributed by atoms with Crippen LogP contribution in [0, 0.1) is 0 Å². The highest BCUT2D eigenvalue weighted by Gasteiger charge is 2.22. The summed E-state index contributed by atoms with van der Waals surface area (Å²) >= 11 is 1.38. The number of nitrogens with one attached hydrogen (secondary N) is 1. The largest absolute Gasteiger partial charge is 0.378 e. The fourth-order valence-electron chi connectivity index (χ4n) is 5.31. The predicted molar refractivity (Wildman–Crippen MR) is 166 cm³/mol. The summed E-state index contributed by atoms with van der Waals surface area (Å²) < 4.78 is 2.01. The van der Waals surface area contributed by atoms with E-state index < -0.39 is 6.23 Å². The summed E-state index contributed by atoms with van der Waals surface area (Å²) in [4.78, 5) is 40.8. The van der Waals surface area contributed by atoms with Crippen molar-refractivity contribution >= 4 is 45.8 Å².